The minimum absolute atomic E-state index is 0.200. The summed E-state index contributed by atoms with van der Waals surface area (Å²) < 4.78 is 8.02. The van der Waals surface area contributed by atoms with Gasteiger partial charge in [-0.05, 0) is 42.2 Å². The van der Waals surface area contributed by atoms with Crippen LogP contribution in [0, 0.1) is 6.92 Å². The fraction of sp³-hybridized carbons (Fsp3) is 0.250. The van der Waals surface area contributed by atoms with Crippen molar-refractivity contribution >= 4 is 28.5 Å². The van der Waals surface area contributed by atoms with Crippen LogP contribution in [0.3, 0.4) is 0 Å². The summed E-state index contributed by atoms with van der Waals surface area (Å²) in [5, 5.41) is 5.86. The fourth-order valence-corrected chi connectivity index (χ4v) is 4.72. The highest BCUT2D eigenvalue weighted by molar-refractivity contribution is 6.07. The third-order valence-corrected chi connectivity index (χ3v) is 6.32. The molecule has 1 aromatic heterocycles. The second-order valence-corrected chi connectivity index (χ2v) is 8.82. The molecular weight excluding hydrogens is 440 g/mol. The topological polar surface area (TPSA) is 85.2 Å². The number of hydrogen-bond acceptors (Lipinski definition) is 4. The highest BCUT2D eigenvalue weighted by Crippen LogP contribution is 2.28. The Morgan fingerprint density at radius 3 is 2.66 bits per heavy atom. The van der Waals surface area contributed by atoms with E-state index in [0.29, 0.717) is 36.5 Å². The van der Waals surface area contributed by atoms with Crippen molar-refractivity contribution in [2.24, 2.45) is 0 Å². The highest BCUT2D eigenvalue weighted by atomic mass is 16.5. The molecule has 7 heteroatoms. The zero-order valence-corrected chi connectivity index (χ0v) is 19.9. The Morgan fingerprint density at radius 1 is 1.09 bits per heavy atom. The largest absolute Gasteiger partial charge is 0.371 e. The van der Waals surface area contributed by atoms with E-state index >= 15 is 0 Å². The molecule has 0 unspecified atom stereocenters. The maximum absolute atomic E-state index is 13.5. The van der Waals surface area contributed by atoms with Crippen molar-refractivity contribution in [1.29, 1.82) is 0 Å². The molecule has 5 rings (SSSR count). The summed E-state index contributed by atoms with van der Waals surface area (Å²) in [6.07, 6.45) is 0.673. The van der Waals surface area contributed by atoms with E-state index in [1.165, 1.54) is 12.5 Å². The monoisotopic (exact) mass is 468 g/mol. The molecule has 35 heavy (non-hydrogen) atoms. The molecule has 0 aliphatic carbocycles. The first-order valence-corrected chi connectivity index (χ1v) is 11.8. The molecule has 1 aliphatic rings. The number of nitrogens with zero attached hydrogens (tertiary/aromatic N) is 2. The predicted molar refractivity (Wildman–Crippen MR) is 135 cm³/mol. The minimum Gasteiger partial charge on any atom is -0.371 e. The van der Waals surface area contributed by atoms with Crippen molar-refractivity contribution in [2.75, 3.05) is 18.5 Å². The van der Waals surface area contributed by atoms with Gasteiger partial charge in [0.1, 0.15) is 11.9 Å². The van der Waals surface area contributed by atoms with Crippen LogP contribution in [0.15, 0.2) is 66.7 Å². The lowest BCUT2D eigenvalue weighted by atomic mass is 9.97. The number of carbonyl (C=O) groups excluding carboxylic acids is 2. The third kappa shape index (κ3) is 4.81. The Morgan fingerprint density at radius 2 is 1.86 bits per heavy atom. The number of amides is 2. The highest BCUT2D eigenvalue weighted by Gasteiger charge is 2.23. The normalized spacial score (nSPS) is 15.0. The Kier molecular flexibility index (Phi) is 6.33. The summed E-state index contributed by atoms with van der Waals surface area (Å²) in [7, 11) is 0. The Hall–Kier alpha value is -3.97. The minimum atomic E-state index is -0.233. The number of imidazole rings is 1. The zero-order valence-electron chi connectivity index (χ0n) is 19.9. The number of fused-ring (bicyclic) bond motifs is 2. The molecule has 0 bridgehead atoms. The first-order valence-electron chi connectivity index (χ1n) is 11.8. The number of hydrogen-bond donors (Lipinski definition) is 2. The standard InChI is InChI=1S/C28H28N4O3/c1-18-30-25-15-22(31-19(2)33)14-24(27(25)32(18)17-20-8-4-3-5-9-20)28(34)29-16-26-23-11-7-6-10-21(23)12-13-35-26/h3-11,14-15,26H,12-13,16-17H2,1-2H3,(H,29,34)(H,31,33)/t26-/m1/s1. The molecule has 1 atom stereocenters. The van der Waals surface area contributed by atoms with Crippen LogP contribution in [0.25, 0.3) is 11.0 Å². The van der Waals surface area contributed by atoms with Crippen LogP contribution in [0.2, 0.25) is 0 Å². The van der Waals surface area contributed by atoms with E-state index in [1.807, 2.05) is 47.9 Å². The lowest BCUT2D eigenvalue weighted by Crippen LogP contribution is -2.32. The van der Waals surface area contributed by atoms with Gasteiger partial charge in [-0.15, -0.1) is 0 Å². The first kappa shape index (κ1) is 22.8. The van der Waals surface area contributed by atoms with Crippen LogP contribution in [0.1, 0.15) is 45.9 Å². The molecule has 0 saturated carbocycles. The quantitative estimate of drug-likeness (QED) is 0.439. The summed E-state index contributed by atoms with van der Waals surface area (Å²) in [4.78, 5) is 30.0. The maximum Gasteiger partial charge on any atom is 0.253 e. The van der Waals surface area contributed by atoms with Crippen LogP contribution in [0.4, 0.5) is 5.69 Å². The van der Waals surface area contributed by atoms with E-state index in [-0.39, 0.29) is 17.9 Å². The zero-order chi connectivity index (χ0) is 24.4. The van der Waals surface area contributed by atoms with Gasteiger partial charge < -0.3 is 19.9 Å². The van der Waals surface area contributed by atoms with Gasteiger partial charge in [0.25, 0.3) is 5.91 Å². The van der Waals surface area contributed by atoms with Gasteiger partial charge in [-0.2, -0.15) is 0 Å². The number of benzene rings is 3. The molecular formula is C28H28N4O3. The van der Waals surface area contributed by atoms with Crippen molar-refractivity contribution in [3.05, 3.63) is 94.8 Å². The number of aromatic nitrogens is 2. The maximum atomic E-state index is 13.5. The first-order chi connectivity index (χ1) is 17.0. The van der Waals surface area contributed by atoms with E-state index in [4.69, 9.17) is 9.72 Å². The van der Waals surface area contributed by atoms with E-state index in [9.17, 15) is 9.59 Å². The molecule has 2 N–H and O–H groups in total. The molecule has 7 nitrogen and oxygen atoms in total. The molecule has 3 aromatic carbocycles. The Labute approximate surface area is 204 Å². The second kappa shape index (κ2) is 9.72. The van der Waals surface area contributed by atoms with Crippen molar-refractivity contribution in [3.63, 3.8) is 0 Å². The molecule has 4 aromatic rings. The predicted octanol–water partition coefficient (Wildman–Crippen LogP) is 4.40. The van der Waals surface area contributed by atoms with Gasteiger partial charge in [0, 0.05) is 25.7 Å². The van der Waals surface area contributed by atoms with Crippen molar-refractivity contribution in [1.82, 2.24) is 14.9 Å². The van der Waals surface area contributed by atoms with E-state index in [1.54, 1.807) is 6.07 Å². The van der Waals surface area contributed by atoms with Gasteiger partial charge in [0.2, 0.25) is 5.91 Å². The Balaban J connectivity index is 1.49. The van der Waals surface area contributed by atoms with Crippen molar-refractivity contribution in [3.8, 4) is 0 Å². The lowest BCUT2D eigenvalue weighted by molar-refractivity contribution is -0.114. The summed E-state index contributed by atoms with van der Waals surface area (Å²) in [5.74, 6) is 0.355. The van der Waals surface area contributed by atoms with E-state index in [2.05, 4.69) is 34.9 Å². The number of aryl methyl sites for hydroxylation is 1. The average Bonchev–Trinajstić information content (AvgIpc) is 3.16. The summed E-state index contributed by atoms with van der Waals surface area (Å²) >= 11 is 0. The molecule has 1 aliphatic heterocycles. The van der Waals surface area contributed by atoms with E-state index < -0.39 is 0 Å². The smallest absolute Gasteiger partial charge is 0.253 e. The van der Waals surface area contributed by atoms with Gasteiger partial charge in [-0.25, -0.2) is 4.98 Å². The number of carbonyl (C=O) groups is 2. The summed E-state index contributed by atoms with van der Waals surface area (Å²) in [6, 6.07) is 21.8. The van der Waals surface area contributed by atoms with Gasteiger partial charge in [0.05, 0.1) is 23.2 Å². The number of anilines is 1. The molecule has 0 radical (unpaired) electrons. The molecule has 0 spiro atoms. The van der Waals surface area contributed by atoms with Gasteiger partial charge in [0.15, 0.2) is 0 Å². The fourth-order valence-electron chi connectivity index (χ4n) is 4.72. The number of rotatable bonds is 6. The number of nitrogens with one attached hydrogen (secondary N) is 2. The van der Waals surface area contributed by atoms with E-state index in [0.717, 1.165) is 28.9 Å². The molecule has 0 saturated heterocycles. The van der Waals surface area contributed by atoms with Crippen LogP contribution < -0.4 is 10.6 Å². The second-order valence-electron chi connectivity index (χ2n) is 8.82. The number of ether oxygens (including phenoxy) is 1. The van der Waals surface area contributed by atoms with Crippen LogP contribution in [-0.2, 0) is 22.5 Å². The molecule has 2 amide bonds. The van der Waals surface area contributed by atoms with Gasteiger partial charge in [-0.1, -0.05) is 54.6 Å². The van der Waals surface area contributed by atoms with Crippen LogP contribution in [0.5, 0.6) is 0 Å². The molecule has 2 heterocycles. The summed E-state index contributed by atoms with van der Waals surface area (Å²) in [6.45, 7) is 4.94. The summed E-state index contributed by atoms with van der Waals surface area (Å²) in [5.41, 5.74) is 5.88. The van der Waals surface area contributed by atoms with Crippen LogP contribution >= 0.6 is 0 Å². The molecule has 178 valence electrons. The van der Waals surface area contributed by atoms with Crippen LogP contribution in [-0.4, -0.2) is 34.5 Å². The van der Waals surface area contributed by atoms with Gasteiger partial charge in [-0.3, -0.25) is 9.59 Å². The average molecular weight is 469 g/mol. The Bertz CT molecular complexity index is 1390. The van der Waals surface area contributed by atoms with Gasteiger partial charge >= 0.3 is 0 Å². The lowest BCUT2D eigenvalue weighted by Gasteiger charge is -2.26. The third-order valence-electron chi connectivity index (χ3n) is 6.32. The van der Waals surface area contributed by atoms with Crippen molar-refractivity contribution < 1.29 is 14.3 Å². The van der Waals surface area contributed by atoms with Crippen molar-refractivity contribution in [2.45, 2.75) is 32.9 Å². The SMILES string of the molecule is CC(=O)Nc1cc(C(=O)NC[C@H]2OCCc3ccccc32)c2c(c1)nc(C)n2Cc1ccccc1. The molecule has 0 fully saturated rings.